The Bertz CT molecular complexity index is 370. The summed E-state index contributed by atoms with van der Waals surface area (Å²) >= 11 is 0. The Balaban J connectivity index is 0.000000453. The third kappa shape index (κ3) is 9.09. The quantitative estimate of drug-likeness (QED) is 0.389. The molecular formula is C29H40Fe2N2. The Morgan fingerprint density at radius 3 is 0.788 bits per heavy atom. The van der Waals surface area contributed by atoms with Gasteiger partial charge in [-0.2, -0.15) is 0 Å². The van der Waals surface area contributed by atoms with E-state index < -0.39 is 0 Å². The molecule has 2 saturated carbocycles. The standard InChI is InChI=1S/2C10H15.C9H10N2.2Fe/c2*1-6-7(2)9(4)10(5)8(6)3;1-3-8(10-5-1)7-9-4-2-6-11-9;;/h2*1-5H3;1-6,10-11H,7H2;;. The second-order valence-electron chi connectivity index (χ2n) is 8.82. The molecular weight excluding hydrogens is 488 g/mol. The fraction of sp³-hybridized carbons (Fsp3) is 0.379. The van der Waals surface area contributed by atoms with Crippen molar-refractivity contribution >= 4 is 0 Å². The van der Waals surface area contributed by atoms with Crippen LogP contribution in [0.5, 0.6) is 0 Å². The molecule has 2 aliphatic carbocycles. The van der Waals surface area contributed by atoms with Gasteiger partial charge in [0, 0.05) is 59.3 Å². The van der Waals surface area contributed by atoms with E-state index in [1.165, 1.54) is 71.3 Å². The van der Waals surface area contributed by atoms with Crippen LogP contribution in [0.3, 0.4) is 0 Å². The van der Waals surface area contributed by atoms with Crippen LogP contribution in [0.25, 0.3) is 0 Å². The minimum Gasteiger partial charge on any atom is -0.305 e. The van der Waals surface area contributed by atoms with Gasteiger partial charge in [-0.05, 0) is 91.3 Å². The molecule has 4 fully saturated rings. The van der Waals surface area contributed by atoms with Gasteiger partial charge in [0.25, 0.3) is 0 Å². The van der Waals surface area contributed by atoms with Crippen molar-refractivity contribution in [2.75, 3.05) is 0 Å². The van der Waals surface area contributed by atoms with Gasteiger partial charge in [-0.25, -0.2) is 0 Å². The molecule has 2 nitrogen and oxygen atoms in total. The van der Waals surface area contributed by atoms with E-state index in [-0.39, 0.29) is 34.1 Å². The van der Waals surface area contributed by atoms with E-state index >= 15 is 0 Å². The summed E-state index contributed by atoms with van der Waals surface area (Å²) in [5.74, 6) is 14.7. The first-order valence-corrected chi connectivity index (χ1v) is 11.2. The minimum atomic E-state index is 0. The van der Waals surface area contributed by atoms with Crippen LogP contribution in [0, 0.1) is 110 Å². The summed E-state index contributed by atoms with van der Waals surface area (Å²) in [5, 5.41) is 6.31. The summed E-state index contributed by atoms with van der Waals surface area (Å²) in [7, 11) is 0. The second-order valence-corrected chi connectivity index (χ2v) is 8.82. The molecule has 0 spiro atoms. The van der Waals surface area contributed by atoms with Crippen molar-refractivity contribution in [3.05, 3.63) is 110 Å². The summed E-state index contributed by atoms with van der Waals surface area (Å²) in [6.07, 6.45) is 9.15. The molecule has 0 aromatic carbocycles. The van der Waals surface area contributed by atoms with Gasteiger partial charge >= 0.3 is 0 Å². The Kier molecular flexibility index (Phi) is 16.4. The van der Waals surface area contributed by atoms with Gasteiger partial charge in [-0.1, -0.05) is 69.2 Å². The molecule has 18 radical (unpaired) electrons. The van der Waals surface area contributed by atoms with Crippen molar-refractivity contribution in [2.24, 2.45) is 0 Å². The molecule has 4 rings (SSSR count). The van der Waals surface area contributed by atoms with Crippen LogP contribution in [-0.2, 0) is 34.1 Å². The zero-order valence-electron chi connectivity index (χ0n) is 21.9. The fourth-order valence-corrected chi connectivity index (χ4v) is 3.97. The number of nitrogens with one attached hydrogen (secondary N) is 2. The van der Waals surface area contributed by atoms with Gasteiger partial charge in [-0.15, -0.1) is 0 Å². The molecule has 33 heavy (non-hydrogen) atoms. The summed E-state index contributed by atoms with van der Waals surface area (Å²) in [6.45, 7) is 25.9. The molecule has 4 aliphatic rings. The van der Waals surface area contributed by atoms with E-state index in [0.29, 0.717) is 0 Å². The third-order valence-corrected chi connectivity index (χ3v) is 7.33. The Morgan fingerprint density at radius 2 is 0.636 bits per heavy atom. The van der Waals surface area contributed by atoms with Crippen LogP contribution in [0.2, 0.25) is 0 Å². The van der Waals surface area contributed by atoms with Gasteiger partial charge in [0.05, 0.1) is 0 Å². The maximum atomic E-state index is 3.16. The largest absolute Gasteiger partial charge is 0.305 e. The van der Waals surface area contributed by atoms with Crippen LogP contribution in [0.15, 0.2) is 0 Å². The van der Waals surface area contributed by atoms with E-state index in [9.17, 15) is 0 Å². The first-order chi connectivity index (χ1) is 14.6. The average molecular weight is 528 g/mol. The van der Waals surface area contributed by atoms with Crippen molar-refractivity contribution < 1.29 is 34.1 Å². The molecule has 0 unspecified atom stereocenters. The molecule has 4 heteroatoms. The number of hydrogen-bond acceptors (Lipinski definition) is 2. The van der Waals surface area contributed by atoms with Gasteiger partial charge in [0.1, 0.15) is 0 Å². The summed E-state index contributed by atoms with van der Waals surface area (Å²) in [4.78, 5) is 0. The van der Waals surface area contributed by atoms with Gasteiger partial charge in [-0.3, -0.25) is 0 Å². The van der Waals surface area contributed by atoms with Crippen LogP contribution in [0.4, 0.5) is 0 Å². The molecule has 0 aromatic heterocycles. The normalized spacial score (nSPS) is 26.7. The predicted molar refractivity (Wildman–Crippen MR) is 132 cm³/mol. The van der Waals surface area contributed by atoms with E-state index in [1.54, 1.807) is 0 Å². The van der Waals surface area contributed by atoms with Crippen molar-refractivity contribution in [2.45, 2.75) is 75.7 Å². The zero-order chi connectivity index (χ0) is 23.3. The maximum absolute atomic E-state index is 3.16. The SMILES string of the molecule is C[C]1[C](C)[C](C)[C](C)[C]1C.C[C]1[C](C)[C](C)[C](C)[C]1C.[CH]1[CH]N[C](C[C]2[CH][CH][CH]N2)[CH]1.[Fe].[Fe]. The van der Waals surface area contributed by atoms with E-state index in [0.717, 1.165) is 6.42 Å². The molecule has 0 atom stereocenters. The van der Waals surface area contributed by atoms with Crippen molar-refractivity contribution in [1.29, 1.82) is 0 Å². The summed E-state index contributed by atoms with van der Waals surface area (Å²) < 4.78 is 0. The topological polar surface area (TPSA) is 24.1 Å². The summed E-state index contributed by atoms with van der Waals surface area (Å²) in [5.41, 5.74) is 0. The van der Waals surface area contributed by atoms with Crippen LogP contribution in [0.1, 0.15) is 75.7 Å². The van der Waals surface area contributed by atoms with E-state index in [2.05, 4.69) is 92.7 Å². The monoisotopic (exact) mass is 528 g/mol. The van der Waals surface area contributed by atoms with Crippen molar-refractivity contribution in [1.82, 2.24) is 10.6 Å². The molecule has 2 saturated heterocycles. The smallest absolute Gasteiger partial charge is 0.0424 e. The van der Waals surface area contributed by atoms with Crippen molar-refractivity contribution in [3.63, 3.8) is 0 Å². The molecule has 2 N–H and O–H groups in total. The van der Waals surface area contributed by atoms with Gasteiger partial charge in [0.15, 0.2) is 0 Å². The molecule has 2 heterocycles. The third-order valence-electron chi connectivity index (χ3n) is 7.33. The van der Waals surface area contributed by atoms with Crippen LogP contribution >= 0.6 is 0 Å². The Morgan fingerprint density at radius 1 is 0.424 bits per heavy atom. The second kappa shape index (κ2) is 15.9. The average Bonchev–Trinajstić information content (AvgIpc) is 3.54. The number of hydrogen-bond donors (Lipinski definition) is 2. The van der Waals surface area contributed by atoms with Crippen molar-refractivity contribution in [3.8, 4) is 0 Å². The minimum absolute atomic E-state index is 0. The zero-order valence-corrected chi connectivity index (χ0v) is 24.1. The predicted octanol–water partition coefficient (Wildman–Crippen LogP) is 6.73. The van der Waals surface area contributed by atoms with Crippen LogP contribution in [-0.4, -0.2) is 0 Å². The van der Waals surface area contributed by atoms with E-state index in [1.807, 2.05) is 25.9 Å². The molecule has 182 valence electrons. The first kappa shape index (κ1) is 34.0. The Hall–Kier alpha value is 0.959. The Labute approximate surface area is 229 Å². The van der Waals surface area contributed by atoms with Gasteiger partial charge in [0.2, 0.25) is 0 Å². The molecule has 0 aromatic rings. The van der Waals surface area contributed by atoms with Crippen LogP contribution < -0.4 is 10.6 Å². The summed E-state index contributed by atoms with van der Waals surface area (Å²) in [6, 6.07) is 2.49. The molecule has 2 aliphatic heterocycles. The number of rotatable bonds is 2. The molecule has 0 amide bonds. The molecule has 0 bridgehead atoms. The van der Waals surface area contributed by atoms with E-state index in [4.69, 9.17) is 0 Å². The maximum Gasteiger partial charge on any atom is 0.0424 e. The van der Waals surface area contributed by atoms with Gasteiger partial charge < -0.3 is 10.6 Å². The first-order valence-electron chi connectivity index (χ1n) is 11.2. The fourth-order valence-electron chi connectivity index (χ4n) is 3.97.